The summed E-state index contributed by atoms with van der Waals surface area (Å²) < 4.78 is 44.2. The first-order valence-corrected chi connectivity index (χ1v) is 9.86. The highest BCUT2D eigenvalue weighted by Gasteiger charge is 2.30. The average molecular weight is 435 g/mol. The first-order chi connectivity index (χ1) is 14.6. The van der Waals surface area contributed by atoms with Gasteiger partial charge in [0.05, 0.1) is 24.3 Å². The molecule has 9 heteroatoms. The van der Waals surface area contributed by atoms with E-state index in [1.54, 1.807) is 12.1 Å². The molecule has 2 aromatic rings. The van der Waals surface area contributed by atoms with Crippen molar-refractivity contribution in [3.8, 4) is 0 Å². The van der Waals surface area contributed by atoms with Gasteiger partial charge in [0, 0.05) is 30.0 Å². The fourth-order valence-corrected chi connectivity index (χ4v) is 3.53. The van der Waals surface area contributed by atoms with Crippen LogP contribution in [0.25, 0.3) is 0 Å². The molecule has 2 N–H and O–H groups in total. The quantitative estimate of drug-likeness (QED) is 0.745. The lowest BCUT2D eigenvalue weighted by Crippen LogP contribution is -2.48. The van der Waals surface area contributed by atoms with E-state index >= 15 is 0 Å². The zero-order valence-electron chi connectivity index (χ0n) is 17.2. The molecule has 1 fully saturated rings. The highest BCUT2D eigenvalue weighted by molar-refractivity contribution is 6.05. The molecule has 0 aliphatic carbocycles. The average Bonchev–Trinajstić information content (AvgIpc) is 2.66. The van der Waals surface area contributed by atoms with Gasteiger partial charge in [-0.2, -0.15) is 13.2 Å². The van der Waals surface area contributed by atoms with E-state index in [0.29, 0.717) is 18.8 Å². The van der Waals surface area contributed by atoms with Gasteiger partial charge in [0.15, 0.2) is 0 Å². The normalized spacial score (nSPS) is 19.6. The summed E-state index contributed by atoms with van der Waals surface area (Å²) in [5.74, 6) is -0.803. The van der Waals surface area contributed by atoms with E-state index in [0.717, 1.165) is 12.1 Å². The Morgan fingerprint density at radius 1 is 1.00 bits per heavy atom. The number of morpholine rings is 1. The molecule has 0 bridgehead atoms. The van der Waals surface area contributed by atoms with Gasteiger partial charge >= 0.3 is 6.18 Å². The Labute approximate surface area is 178 Å². The number of rotatable bonds is 5. The highest BCUT2D eigenvalue weighted by Crippen LogP contribution is 2.30. The van der Waals surface area contributed by atoms with Crippen LogP contribution in [0.15, 0.2) is 48.5 Å². The van der Waals surface area contributed by atoms with E-state index in [-0.39, 0.29) is 35.9 Å². The van der Waals surface area contributed by atoms with Crippen molar-refractivity contribution < 1.29 is 27.5 Å². The van der Waals surface area contributed by atoms with Crippen molar-refractivity contribution in [1.29, 1.82) is 0 Å². The maximum atomic E-state index is 12.9. The number of halogens is 3. The molecule has 31 heavy (non-hydrogen) atoms. The number of anilines is 2. The molecule has 1 saturated heterocycles. The number of hydrogen-bond acceptors (Lipinski definition) is 4. The maximum absolute atomic E-state index is 12.9. The van der Waals surface area contributed by atoms with Crippen LogP contribution in [0.3, 0.4) is 0 Å². The SMILES string of the molecule is C[C@@H]1CN(CC(=O)Nc2cccc(C(=O)Nc3cccc(C(F)(F)F)c3)c2)C[C@H](C)O1. The Morgan fingerprint density at radius 2 is 1.61 bits per heavy atom. The van der Waals surface area contributed by atoms with Crippen LogP contribution in [-0.2, 0) is 15.7 Å². The Morgan fingerprint density at radius 3 is 2.26 bits per heavy atom. The Hall–Kier alpha value is -2.91. The standard InChI is InChI=1S/C22H24F3N3O3/c1-14-11-28(12-15(2)31-14)13-20(29)26-18-7-3-5-16(9-18)21(30)27-19-8-4-6-17(10-19)22(23,24)25/h3-10,14-15H,11-13H2,1-2H3,(H,26,29)(H,27,30)/t14-,15+. The van der Waals surface area contributed by atoms with E-state index in [1.807, 2.05) is 18.7 Å². The number of nitrogens with one attached hydrogen (secondary N) is 2. The van der Waals surface area contributed by atoms with Crippen molar-refractivity contribution in [2.75, 3.05) is 30.3 Å². The van der Waals surface area contributed by atoms with Crippen LogP contribution in [0.2, 0.25) is 0 Å². The first-order valence-electron chi connectivity index (χ1n) is 9.86. The number of alkyl halides is 3. The Balaban J connectivity index is 1.62. The number of ether oxygens (including phenoxy) is 1. The fourth-order valence-electron chi connectivity index (χ4n) is 3.53. The summed E-state index contributed by atoms with van der Waals surface area (Å²) in [6.45, 7) is 5.40. The maximum Gasteiger partial charge on any atom is 0.416 e. The van der Waals surface area contributed by atoms with Gasteiger partial charge in [-0.05, 0) is 50.2 Å². The molecule has 1 aliphatic rings. The molecule has 2 atom stereocenters. The monoisotopic (exact) mass is 435 g/mol. The molecular weight excluding hydrogens is 411 g/mol. The molecule has 0 aromatic heterocycles. The van der Waals surface area contributed by atoms with Crippen LogP contribution in [0.4, 0.5) is 24.5 Å². The Kier molecular flexibility index (Phi) is 6.97. The van der Waals surface area contributed by atoms with Crippen LogP contribution in [0, 0.1) is 0 Å². The predicted octanol–water partition coefficient (Wildman–Crippen LogP) is 4.01. The summed E-state index contributed by atoms with van der Waals surface area (Å²) in [6.07, 6.45) is -4.42. The largest absolute Gasteiger partial charge is 0.416 e. The van der Waals surface area contributed by atoms with Crippen LogP contribution < -0.4 is 10.6 Å². The van der Waals surface area contributed by atoms with Gasteiger partial charge in [0.25, 0.3) is 5.91 Å². The van der Waals surface area contributed by atoms with Crippen molar-refractivity contribution in [3.05, 3.63) is 59.7 Å². The second-order valence-corrected chi connectivity index (χ2v) is 7.61. The van der Waals surface area contributed by atoms with Gasteiger partial charge in [-0.3, -0.25) is 14.5 Å². The van der Waals surface area contributed by atoms with Crippen LogP contribution in [-0.4, -0.2) is 48.6 Å². The molecule has 0 spiro atoms. The van der Waals surface area contributed by atoms with Crippen LogP contribution in [0.1, 0.15) is 29.8 Å². The molecule has 2 amide bonds. The molecule has 1 aliphatic heterocycles. The minimum atomic E-state index is -4.50. The van der Waals surface area contributed by atoms with E-state index < -0.39 is 17.6 Å². The lowest BCUT2D eigenvalue weighted by molar-refractivity contribution is -0.137. The topological polar surface area (TPSA) is 70.7 Å². The third-order valence-corrected chi connectivity index (χ3v) is 4.72. The molecule has 0 radical (unpaired) electrons. The first kappa shape index (κ1) is 22.8. The van der Waals surface area contributed by atoms with Gasteiger partial charge in [0.1, 0.15) is 0 Å². The smallest absolute Gasteiger partial charge is 0.373 e. The molecule has 0 unspecified atom stereocenters. The third kappa shape index (κ3) is 6.53. The molecule has 6 nitrogen and oxygen atoms in total. The van der Waals surface area contributed by atoms with Gasteiger partial charge in [0.2, 0.25) is 5.91 Å². The van der Waals surface area contributed by atoms with Crippen molar-refractivity contribution in [2.24, 2.45) is 0 Å². The van der Waals surface area contributed by atoms with E-state index in [2.05, 4.69) is 10.6 Å². The van der Waals surface area contributed by atoms with Crippen LogP contribution >= 0.6 is 0 Å². The number of nitrogens with zero attached hydrogens (tertiary/aromatic N) is 1. The van der Waals surface area contributed by atoms with Crippen molar-refractivity contribution in [2.45, 2.75) is 32.2 Å². The molecule has 2 aromatic carbocycles. The molecular formula is C22H24F3N3O3. The summed E-state index contributed by atoms with van der Waals surface area (Å²) in [7, 11) is 0. The predicted molar refractivity (Wildman–Crippen MR) is 111 cm³/mol. The number of carbonyl (C=O) groups is 2. The minimum Gasteiger partial charge on any atom is -0.373 e. The number of amides is 2. The van der Waals surface area contributed by atoms with Crippen molar-refractivity contribution in [1.82, 2.24) is 4.90 Å². The number of benzene rings is 2. The van der Waals surface area contributed by atoms with Crippen molar-refractivity contribution in [3.63, 3.8) is 0 Å². The van der Waals surface area contributed by atoms with E-state index in [9.17, 15) is 22.8 Å². The van der Waals surface area contributed by atoms with E-state index in [4.69, 9.17) is 4.74 Å². The zero-order valence-corrected chi connectivity index (χ0v) is 17.2. The molecule has 166 valence electrons. The lowest BCUT2D eigenvalue weighted by Gasteiger charge is -2.34. The molecule has 0 saturated carbocycles. The lowest BCUT2D eigenvalue weighted by atomic mass is 10.1. The second kappa shape index (κ2) is 9.49. The summed E-state index contributed by atoms with van der Waals surface area (Å²) >= 11 is 0. The fraction of sp³-hybridized carbons (Fsp3) is 0.364. The summed E-state index contributed by atoms with van der Waals surface area (Å²) in [6, 6.07) is 10.6. The third-order valence-electron chi connectivity index (χ3n) is 4.72. The summed E-state index contributed by atoms with van der Waals surface area (Å²) in [5, 5.41) is 5.21. The Bertz CT molecular complexity index is 939. The molecule has 3 rings (SSSR count). The van der Waals surface area contributed by atoms with Gasteiger partial charge in [-0.1, -0.05) is 12.1 Å². The number of hydrogen-bond donors (Lipinski definition) is 2. The zero-order chi connectivity index (χ0) is 22.6. The second-order valence-electron chi connectivity index (χ2n) is 7.61. The van der Waals surface area contributed by atoms with Crippen molar-refractivity contribution >= 4 is 23.2 Å². The number of carbonyl (C=O) groups excluding carboxylic acids is 2. The van der Waals surface area contributed by atoms with E-state index in [1.165, 1.54) is 24.3 Å². The minimum absolute atomic E-state index is 0.0322. The summed E-state index contributed by atoms with van der Waals surface area (Å²) in [5.41, 5.74) is -0.178. The van der Waals surface area contributed by atoms with Crippen LogP contribution in [0.5, 0.6) is 0 Å². The van der Waals surface area contributed by atoms with Gasteiger partial charge in [-0.25, -0.2) is 0 Å². The van der Waals surface area contributed by atoms with Gasteiger partial charge < -0.3 is 15.4 Å². The molecule has 1 heterocycles. The van der Waals surface area contributed by atoms with Gasteiger partial charge in [-0.15, -0.1) is 0 Å². The summed E-state index contributed by atoms with van der Waals surface area (Å²) in [4.78, 5) is 26.9. The highest BCUT2D eigenvalue weighted by atomic mass is 19.4.